The van der Waals surface area contributed by atoms with Gasteiger partial charge >= 0.3 is 0 Å². The molecule has 1 aliphatic rings. The monoisotopic (exact) mass is 430 g/mol. The smallest absolute Gasteiger partial charge is 0.227 e. The number of nitrogens with one attached hydrogen (secondary N) is 1. The third-order valence-corrected chi connectivity index (χ3v) is 7.30. The maximum absolute atomic E-state index is 12.7. The van der Waals surface area contributed by atoms with Gasteiger partial charge in [-0.05, 0) is 50.3 Å². The number of aryl methyl sites for hydroxylation is 1. The molecule has 0 spiro atoms. The molecule has 1 amide bonds. The summed E-state index contributed by atoms with van der Waals surface area (Å²) in [6.07, 6.45) is 2.42. The van der Waals surface area contributed by atoms with Gasteiger partial charge in [0.1, 0.15) is 5.75 Å². The van der Waals surface area contributed by atoms with E-state index < -0.39 is 10.0 Å². The molecule has 0 saturated carbocycles. The lowest BCUT2D eigenvalue weighted by Gasteiger charge is -2.30. The fourth-order valence-corrected chi connectivity index (χ4v) is 5.24. The van der Waals surface area contributed by atoms with E-state index in [0.29, 0.717) is 50.4 Å². The van der Waals surface area contributed by atoms with Gasteiger partial charge in [-0.3, -0.25) is 4.79 Å². The third-order valence-electron chi connectivity index (χ3n) is 5.34. The first-order valence-electron chi connectivity index (χ1n) is 10.5. The first-order valence-corrected chi connectivity index (χ1v) is 12.1. The van der Waals surface area contributed by atoms with Gasteiger partial charge in [0.15, 0.2) is 0 Å². The minimum Gasteiger partial charge on any atom is -0.494 e. The largest absolute Gasteiger partial charge is 0.494 e. The van der Waals surface area contributed by atoms with E-state index in [-0.39, 0.29) is 17.6 Å². The van der Waals surface area contributed by atoms with Gasteiger partial charge in [-0.2, -0.15) is 0 Å². The number of carbonyl (C=O) groups excluding carboxylic acids is 1. The second kappa shape index (κ2) is 10.6. The molecule has 1 saturated heterocycles. The van der Waals surface area contributed by atoms with E-state index in [2.05, 4.69) is 5.32 Å². The molecule has 0 aromatic heterocycles. The first-order chi connectivity index (χ1) is 14.5. The number of hydrogen-bond acceptors (Lipinski definition) is 4. The molecule has 30 heavy (non-hydrogen) atoms. The summed E-state index contributed by atoms with van der Waals surface area (Å²) in [4.78, 5) is 12.6. The lowest BCUT2D eigenvalue weighted by Crippen LogP contribution is -2.42. The Morgan fingerprint density at radius 2 is 1.83 bits per heavy atom. The zero-order valence-electron chi connectivity index (χ0n) is 17.4. The number of nitrogens with zero attached hydrogens (tertiary/aromatic N) is 1. The number of anilines is 1. The van der Waals surface area contributed by atoms with Crippen LogP contribution in [0.4, 0.5) is 5.69 Å². The molecule has 3 rings (SSSR count). The Kier molecular flexibility index (Phi) is 7.87. The highest BCUT2D eigenvalue weighted by Gasteiger charge is 2.30. The fourth-order valence-electron chi connectivity index (χ4n) is 3.70. The van der Waals surface area contributed by atoms with Crippen LogP contribution in [0.15, 0.2) is 54.6 Å². The van der Waals surface area contributed by atoms with E-state index in [4.69, 9.17) is 4.74 Å². The molecule has 6 nitrogen and oxygen atoms in total. The van der Waals surface area contributed by atoms with Crippen LogP contribution in [-0.4, -0.2) is 44.1 Å². The topological polar surface area (TPSA) is 75.7 Å². The molecule has 0 radical (unpaired) electrons. The highest BCUT2D eigenvalue weighted by molar-refractivity contribution is 7.89. The second-order valence-corrected chi connectivity index (χ2v) is 9.62. The Labute approximate surface area is 179 Å². The highest BCUT2D eigenvalue weighted by Crippen LogP contribution is 2.23. The molecule has 1 fully saturated rings. The molecular formula is C23H30N2O4S. The second-order valence-electron chi connectivity index (χ2n) is 7.53. The molecule has 0 atom stereocenters. The van der Waals surface area contributed by atoms with Gasteiger partial charge in [0.25, 0.3) is 0 Å². The zero-order chi connectivity index (χ0) is 21.4. The van der Waals surface area contributed by atoms with Gasteiger partial charge in [-0.15, -0.1) is 0 Å². The van der Waals surface area contributed by atoms with Crippen LogP contribution in [0, 0.1) is 5.92 Å². The fraction of sp³-hybridized carbons (Fsp3) is 0.435. The molecule has 2 aromatic rings. The van der Waals surface area contributed by atoms with Gasteiger partial charge in [-0.1, -0.05) is 36.4 Å². The summed E-state index contributed by atoms with van der Waals surface area (Å²) in [5.74, 6) is 0.608. The quantitative estimate of drug-likeness (QED) is 0.658. The van der Waals surface area contributed by atoms with Crippen LogP contribution in [0.1, 0.15) is 31.7 Å². The van der Waals surface area contributed by atoms with Crippen molar-refractivity contribution in [1.29, 1.82) is 0 Å². The van der Waals surface area contributed by atoms with Crippen molar-refractivity contribution in [3.05, 3.63) is 60.2 Å². The summed E-state index contributed by atoms with van der Waals surface area (Å²) < 4.78 is 32.3. The van der Waals surface area contributed by atoms with Gasteiger partial charge in [0.2, 0.25) is 15.9 Å². The number of benzene rings is 2. The predicted molar refractivity (Wildman–Crippen MR) is 119 cm³/mol. The van der Waals surface area contributed by atoms with Crippen molar-refractivity contribution in [2.45, 2.75) is 32.6 Å². The van der Waals surface area contributed by atoms with Crippen LogP contribution in [-0.2, 0) is 21.2 Å². The minimum absolute atomic E-state index is 0.0650. The third kappa shape index (κ3) is 6.31. The molecule has 0 unspecified atom stereocenters. The Morgan fingerprint density at radius 3 is 2.53 bits per heavy atom. The van der Waals surface area contributed by atoms with Crippen molar-refractivity contribution in [1.82, 2.24) is 4.31 Å². The number of hydrogen-bond donors (Lipinski definition) is 1. The summed E-state index contributed by atoms with van der Waals surface area (Å²) in [6.45, 7) is 3.26. The first kappa shape index (κ1) is 22.3. The molecule has 0 bridgehead atoms. The van der Waals surface area contributed by atoms with Crippen LogP contribution in [0.2, 0.25) is 0 Å². The lowest BCUT2D eigenvalue weighted by molar-refractivity contribution is -0.120. The standard InChI is InChI=1S/C23H30N2O4S/c1-2-29-22-12-6-11-21(18-22)24-23(26)20-13-15-25(16-14-20)30(27,28)17-7-10-19-8-4-3-5-9-19/h3-6,8-9,11-12,18,20H,2,7,10,13-17H2,1H3,(H,24,26). The molecule has 2 aromatic carbocycles. The normalized spacial score (nSPS) is 15.6. The molecule has 1 heterocycles. The van der Waals surface area contributed by atoms with E-state index in [1.54, 1.807) is 6.07 Å². The van der Waals surface area contributed by atoms with Crippen molar-refractivity contribution in [3.8, 4) is 5.75 Å². The lowest BCUT2D eigenvalue weighted by atomic mass is 9.97. The number of carbonyl (C=O) groups is 1. The van der Waals surface area contributed by atoms with Gasteiger partial charge in [0, 0.05) is 30.8 Å². The Balaban J connectivity index is 1.46. The van der Waals surface area contributed by atoms with Crippen LogP contribution in [0.25, 0.3) is 0 Å². The predicted octanol–water partition coefficient (Wildman–Crippen LogP) is 3.70. The van der Waals surface area contributed by atoms with Crippen molar-refractivity contribution in [2.75, 3.05) is 30.8 Å². The summed E-state index contributed by atoms with van der Waals surface area (Å²) in [6, 6.07) is 17.2. The number of piperidine rings is 1. The molecule has 7 heteroatoms. The van der Waals surface area contributed by atoms with Crippen molar-refractivity contribution in [2.24, 2.45) is 5.92 Å². The average molecular weight is 431 g/mol. The Morgan fingerprint density at radius 1 is 1.10 bits per heavy atom. The van der Waals surface area contributed by atoms with E-state index in [1.807, 2.05) is 55.5 Å². The van der Waals surface area contributed by atoms with E-state index in [1.165, 1.54) is 4.31 Å². The Bertz CT molecular complexity index is 923. The van der Waals surface area contributed by atoms with Crippen LogP contribution in [0.3, 0.4) is 0 Å². The molecular weight excluding hydrogens is 400 g/mol. The summed E-state index contributed by atoms with van der Waals surface area (Å²) in [5, 5.41) is 2.93. The average Bonchev–Trinajstić information content (AvgIpc) is 2.75. The molecule has 1 N–H and O–H groups in total. The maximum Gasteiger partial charge on any atom is 0.227 e. The molecule has 162 valence electrons. The number of amides is 1. The number of ether oxygens (including phenoxy) is 1. The van der Waals surface area contributed by atoms with Crippen LogP contribution >= 0.6 is 0 Å². The van der Waals surface area contributed by atoms with Crippen molar-refractivity contribution >= 4 is 21.6 Å². The molecule has 1 aliphatic heterocycles. The zero-order valence-corrected chi connectivity index (χ0v) is 18.2. The van der Waals surface area contributed by atoms with Crippen LogP contribution in [0.5, 0.6) is 5.75 Å². The number of sulfonamides is 1. The van der Waals surface area contributed by atoms with E-state index in [9.17, 15) is 13.2 Å². The van der Waals surface area contributed by atoms with Gasteiger partial charge in [0.05, 0.1) is 12.4 Å². The summed E-state index contributed by atoms with van der Waals surface area (Å²) in [7, 11) is -3.29. The van der Waals surface area contributed by atoms with Gasteiger partial charge in [-0.25, -0.2) is 12.7 Å². The maximum atomic E-state index is 12.7. The van der Waals surface area contributed by atoms with Crippen molar-refractivity contribution in [3.63, 3.8) is 0 Å². The number of rotatable bonds is 9. The minimum atomic E-state index is -3.29. The van der Waals surface area contributed by atoms with Crippen molar-refractivity contribution < 1.29 is 17.9 Å². The molecule has 0 aliphatic carbocycles. The van der Waals surface area contributed by atoms with Crippen LogP contribution < -0.4 is 10.1 Å². The van der Waals surface area contributed by atoms with E-state index in [0.717, 1.165) is 12.0 Å². The van der Waals surface area contributed by atoms with E-state index >= 15 is 0 Å². The highest BCUT2D eigenvalue weighted by atomic mass is 32.2. The van der Waals surface area contributed by atoms with Gasteiger partial charge < -0.3 is 10.1 Å². The summed E-state index contributed by atoms with van der Waals surface area (Å²) >= 11 is 0. The SMILES string of the molecule is CCOc1cccc(NC(=O)C2CCN(S(=O)(=O)CCCc3ccccc3)CC2)c1. The Hall–Kier alpha value is -2.38. The summed E-state index contributed by atoms with van der Waals surface area (Å²) in [5.41, 5.74) is 1.85.